The van der Waals surface area contributed by atoms with Crippen LogP contribution in [0.5, 0.6) is 0 Å². The highest BCUT2D eigenvalue weighted by Crippen LogP contribution is 2.65. The smallest absolute Gasteiger partial charge is 0.327 e. The van der Waals surface area contributed by atoms with Crippen LogP contribution in [0.3, 0.4) is 0 Å². The number of rotatable bonds is 1. The van der Waals surface area contributed by atoms with Crippen LogP contribution < -0.4 is 0 Å². The van der Waals surface area contributed by atoms with Crippen molar-refractivity contribution in [3.63, 3.8) is 0 Å². The molecular formula is C11H16O4S. The van der Waals surface area contributed by atoms with Gasteiger partial charge in [-0.15, -0.1) is 0 Å². The molecule has 0 radical (unpaired) electrons. The molecule has 1 aliphatic heterocycles. The van der Waals surface area contributed by atoms with Gasteiger partial charge in [0.2, 0.25) is 0 Å². The molecule has 2 saturated carbocycles. The Morgan fingerprint density at radius 1 is 1.44 bits per heavy atom. The Balaban J connectivity index is 2.16. The lowest BCUT2D eigenvalue weighted by Crippen LogP contribution is -2.48. The van der Waals surface area contributed by atoms with E-state index in [-0.39, 0.29) is 17.6 Å². The lowest BCUT2D eigenvalue weighted by Gasteiger charge is -2.31. The van der Waals surface area contributed by atoms with Crippen molar-refractivity contribution in [2.24, 2.45) is 23.7 Å². The van der Waals surface area contributed by atoms with E-state index in [1.807, 2.05) is 0 Å². The Morgan fingerprint density at radius 3 is 2.69 bits per heavy atom. The summed E-state index contributed by atoms with van der Waals surface area (Å²) in [6, 6.07) is 0. The summed E-state index contributed by atoms with van der Waals surface area (Å²) in [5.41, 5.74) is 0. The predicted octanol–water partition coefficient (Wildman–Crippen LogP) is 0.619. The molecule has 5 unspecified atom stereocenters. The molecule has 5 atom stereocenters. The fourth-order valence-corrected chi connectivity index (χ4v) is 7.22. The number of hydrogen-bond acceptors (Lipinski definition) is 4. The van der Waals surface area contributed by atoms with Crippen LogP contribution in [0, 0.1) is 23.7 Å². The zero-order chi connectivity index (χ0) is 11.7. The lowest BCUT2D eigenvalue weighted by atomic mass is 9.75. The second-order valence-electron chi connectivity index (χ2n) is 5.49. The van der Waals surface area contributed by atoms with Gasteiger partial charge in [-0.3, -0.25) is 4.79 Å². The molecular weight excluding hydrogens is 228 g/mol. The SMILES string of the molecule is COC(=O)C12CC3CC1C(CS2(=O)=O)C3C. The van der Waals surface area contributed by atoms with Gasteiger partial charge >= 0.3 is 5.97 Å². The Morgan fingerprint density at radius 2 is 2.12 bits per heavy atom. The largest absolute Gasteiger partial charge is 0.468 e. The third-order valence-corrected chi connectivity index (χ3v) is 7.72. The first-order valence-corrected chi connectivity index (χ1v) is 7.40. The van der Waals surface area contributed by atoms with Crippen LogP contribution in [0.15, 0.2) is 0 Å². The summed E-state index contributed by atoms with van der Waals surface area (Å²) in [5.74, 6) is 0.707. The van der Waals surface area contributed by atoms with Crippen molar-refractivity contribution in [1.29, 1.82) is 0 Å². The number of carbonyl (C=O) groups excluding carboxylic acids is 1. The molecule has 0 spiro atoms. The quantitative estimate of drug-likeness (QED) is 0.634. The molecule has 3 aliphatic rings. The molecule has 0 amide bonds. The first-order chi connectivity index (χ1) is 7.44. The standard InChI is InChI=1S/C11H16O4S/c1-6-7-3-9-8(6)5-16(13,14)11(9,4-7)10(12)15-2/h6-9H,3-5H2,1-2H3. The molecule has 1 saturated heterocycles. The topological polar surface area (TPSA) is 60.4 Å². The highest BCUT2D eigenvalue weighted by Gasteiger charge is 2.74. The molecule has 16 heavy (non-hydrogen) atoms. The number of ether oxygens (including phenoxy) is 1. The molecule has 0 aromatic heterocycles. The second kappa shape index (κ2) is 2.81. The molecule has 3 fully saturated rings. The van der Waals surface area contributed by atoms with E-state index in [1.54, 1.807) is 0 Å². The summed E-state index contributed by atoms with van der Waals surface area (Å²) in [5, 5.41) is 0. The fraction of sp³-hybridized carbons (Fsp3) is 0.909. The van der Waals surface area contributed by atoms with Gasteiger partial charge in [0.05, 0.1) is 12.9 Å². The average Bonchev–Trinajstić information content (AvgIpc) is 2.79. The van der Waals surface area contributed by atoms with Crippen molar-refractivity contribution >= 4 is 15.8 Å². The van der Waals surface area contributed by atoms with Gasteiger partial charge in [0.15, 0.2) is 14.6 Å². The highest BCUT2D eigenvalue weighted by atomic mass is 32.2. The van der Waals surface area contributed by atoms with Crippen LogP contribution in [-0.4, -0.2) is 32.0 Å². The van der Waals surface area contributed by atoms with Crippen LogP contribution in [0.2, 0.25) is 0 Å². The van der Waals surface area contributed by atoms with Gasteiger partial charge in [0.25, 0.3) is 0 Å². The monoisotopic (exact) mass is 244 g/mol. The molecule has 1 heterocycles. The van der Waals surface area contributed by atoms with E-state index in [4.69, 9.17) is 4.74 Å². The number of carbonyl (C=O) groups is 1. The molecule has 3 rings (SSSR count). The van der Waals surface area contributed by atoms with E-state index < -0.39 is 20.6 Å². The summed E-state index contributed by atoms with van der Waals surface area (Å²) < 4.78 is 28.1. The first kappa shape index (κ1) is 10.6. The average molecular weight is 244 g/mol. The van der Waals surface area contributed by atoms with E-state index in [2.05, 4.69) is 6.92 Å². The second-order valence-corrected chi connectivity index (χ2v) is 7.78. The molecule has 4 nitrogen and oxygen atoms in total. The van der Waals surface area contributed by atoms with Gasteiger partial charge in [0.1, 0.15) is 0 Å². The fourth-order valence-electron chi connectivity index (χ4n) is 4.34. The minimum Gasteiger partial charge on any atom is -0.468 e. The van der Waals surface area contributed by atoms with E-state index in [1.165, 1.54) is 7.11 Å². The van der Waals surface area contributed by atoms with Crippen LogP contribution in [-0.2, 0) is 19.4 Å². The first-order valence-electron chi connectivity index (χ1n) is 5.75. The van der Waals surface area contributed by atoms with Crippen molar-refractivity contribution in [3.05, 3.63) is 0 Å². The summed E-state index contributed by atoms with van der Waals surface area (Å²) in [4.78, 5) is 11.9. The Kier molecular flexibility index (Phi) is 1.85. The highest BCUT2D eigenvalue weighted by molar-refractivity contribution is 7.93. The van der Waals surface area contributed by atoms with Gasteiger partial charge in [-0.2, -0.15) is 0 Å². The van der Waals surface area contributed by atoms with E-state index in [0.29, 0.717) is 18.3 Å². The van der Waals surface area contributed by atoms with E-state index in [9.17, 15) is 13.2 Å². The maximum absolute atomic E-state index is 12.2. The summed E-state index contributed by atoms with van der Waals surface area (Å²) in [7, 11) is -2.02. The van der Waals surface area contributed by atoms with Crippen LogP contribution >= 0.6 is 0 Å². The maximum Gasteiger partial charge on any atom is 0.327 e. The number of methoxy groups -OCH3 is 1. The Labute approximate surface area is 95.3 Å². The zero-order valence-electron chi connectivity index (χ0n) is 9.47. The van der Waals surface area contributed by atoms with Crippen LogP contribution in [0.25, 0.3) is 0 Å². The minimum atomic E-state index is -3.31. The Bertz CT molecular complexity index is 455. The van der Waals surface area contributed by atoms with E-state index in [0.717, 1.165) is 6.42 Å². The van der Waals surface area contributed by atoms with Crippen LogP contribution in [0.4, 0.5) is 0 Å². The van der Waals surface area contributed by atoms with Gasteiger partial charge in [-0.1, -0.05) is 6.92 Å². The third kappa shape index (κ3) is 0.883. The number of hydrogen-bond donors (Lipinski definition) is 0. The van der Waals surface area contributed by atoms with Gasteiger partial charge in [-0.05, 0) is 36.5 Å². The van der Waals surface area contributed by atoms with E-state index >= 15 is 0 Å². The molecule has 0 aromatic carbocycles. The molecule has 90 valence electrons. The normalized spacial score (nSPS) is 51.9. The van der Waals surface area contributed by atoms with Crippen molar-refractivity contribution in [2.45, 2.75) is 24.5 Å². The molecule has 5 heteroatoms. The van der Waals surface area contributed by atoms with Gasteiger partial charge in [0, 0.05) is 0 Å². The van der Waals surface area contributed by atoms with Crippen molar-refractivity contribution in [2.75, 3.05) is 12.9 Å². The molecule has 0 N–H and O–H groups in total. The van der Waals surface area contributed by atoms with Gasteiger partial charge < -0.3 is 4.74 Å². The van der Waals surface area contributed by atoms with Crippen molar-refractivity contribution in [1.82, 2.24) is 0 Å². The van der Waals surface area contributed by atoms with Crippen molar-refractivity contribution < 1.29 is 17.9 Å². The van der Waals surface area contributed by atoms with Crippen molar-refractivity contribution in [3.8, 4) is 0 Å². The zero-order valence-corrected chi connectivity index (χ0v) is 10.3. The number of esters is 1. The molecule has 2 bridgehead atoms. The molecule has 0 aromatic rings. The minimum absolute atomic E-state index is 0.0185. The molecule has 2 aliphatic carbocycles. The van der Waals surface area contributed by atoms with Gasteiger partial charge in [-0.25, -0.2) is 8.42 Å². The third-order valence-electron chi connectivity index (χ3n) is 5.15. The summed E-state index contributed by atoms with van der Waals surface area (Å²) >= 11 is 0. The summed E-state index contributed by atoms with van der Waals surface area (Å²) in [6.45, 7) is 2.12. The van der Waals surface area contributed by atoms with Crippen LogP contribution in [0.1, 0.15) is 19.8 Å². The maximum atomic E-state index is 12.2. The summed E-state index contributed by atoms with van der Waals surface area (Å²) in [6.07, 6.45) is 1.38. The number of fused-ring (bicyclic) bond motifs is 1. The Hall–Kier alpha value is -0.580. The number of sulfone groups is 1. The lowest BCUT2D eigenvalue weighted by molar-refractivity contribution is -0.145. The predicted molar refractivity (Wildman–Crippen MR) is 57.4 cm³/mol.